The maximum atomic E-state index is 11.7. The number of fused-ring (bicyclic) bond motifs is 1. The minimum absolute atomic E-state index is 0.0984. The third kappa shape index (κ3) is 2.93. The fourth-order valence-corrected chi connectivity index (χ4v) is 1.95. The van der Waals surface area contributed by atoms with Gasteiger partial charge in [-0.2, -0.15) is 0 Å². The van der Waals surface area contributed by atoms with E-state index < -0.39 is 0 Å². The van der Waals surface area contributed by atoms with Gasteiger partial charge in [0.15, 0.2) is 0 Å². The fourth-order valence-electron chi connectivity index (χ4n) is 1.95. The third-order valence-corrected chi connectivity index (χ3v) is 3.34. The molecule has 0 unspecified atom stereocenters. The van der Waals surface area contributed by atoms with Crippen molar-refractivity contribution in [3.63, 3.8) is 0 Å². The van der Waals surface area contributed by atoms with Crippen LogP contribution in [0.2, 0.25) is 0 Å². The van der Waals surface area contributed by atoms with Crippen molar-refractivity contribution in [1.29, 1.82) is 0 Å². The number of rotatable bonds is 5. The van der Waals surface area contributed by atoms with E-state index in [2.05, 4.69) is 14.9 Å². The molecule has 0 saturated heterocycles. The Labute approximate surface area is 113 Å². The third-order valence-electron chi connectivity index (χ3n) is 3.34. The molecule has 2 rings (SSSR count). The standard InChI is InChI=1S/C14H20N4O/c1-4-17(2)14(19)10-15-9-13-16-11-7-5-6-8-12(11)18(13)3/h5-8,15H,4,9-10H2,1-3H3. The van der Waals surface area contributed by atoms with Gasteiger partial charge in [-0.05, 0) is 19.1 Å². The maximum absolute atomic E-state index is 11.7. The molecule has 0 radical (unpaired) electrons. The number of imidazole rings is 1. The highest BCUT2D eigenvalue weighted by Gasteiger charge is 2.09. The number of carbonyl (C=O) groups excluding carboxylic acids is 1. The van der Waals surface area contributed by atoms with Crippen molar-refractivity contribution in [2.24, 2.45) is 7.05 Å². The van der Waals surface area contributed by atoms with E-state index in [0.717, 1.165) is 23.4 Å². The van der Waals surface area contributed by atoms with Gasteiger partial charge in [0.25, 0.3) is 0 Å². The number of aryl methyl sites for hydroxylation is 1. The van der Waals surface area contributed by atoms with E-state index in [9.17, 15) is 4.79 Å². The average molecular weight is 260 g/mol. The first-order chi connectivity index (χ1) is 9.13. The first-order valence-electron chi connectivity index (χ1n) is 6.48. The summed E-state index contributed by atoms with van der Waals surface area (Å²) in [7, 11) is 3.80. The molecule has 0 aliphatic carbocycles. The van der Waals surface area contributed by atoms with Gasteiger partial charge in [0, 0.05) is 20.6 Å². The van der Waals surface area contributed by atoms with Crippen molar-refractivity contribution in [2.75, 3.05) is 20.1 Å². The van der Waals surface area contributed by atoms with Gasteiger partial charge in [0.1, 0.15) is 5.82 Å². The van der Waals surface area contributed by atoms with Crippen LogP contribution in [-0.4, -0.2) is 40.5 Å². The minimum Gasteiger partial charge on any atom is -0.345 e. The molecule has 0 aliphatic heterocycles. The number of hydrogen-bond donors (Lipinski definition) is 1. The van der Waals surface area contributed by atoms with Crippen LogP contribution in [0.3, 0.4) is 0 Å². The topological polar surface area (TPSA) is 50.2 Å². The Hall–Kier alpha value is -1.88. The summed E-state index contributed by atoms with van der Waals surface area (Å²) in [5, 5.41) is 3.14. The van der Waals surface area contributed by atoms with Crippen molar-refractivity contribution in [3.8, 4) is 0 Å². The smallest absolute Gasteiger partial charge is 0.236 e. The van der Waals surface area contributed by atoms with E-state index in [1.165, 1.54) is 0 Å². The molecule has 1 aromatic carbocycles. The number of nitrogens with one attached hydrogen (secondary N) is 1. The summed E-state index contributed by atoms with van der Waals surface area (Å²) in [5.41, 5.74) is 2.09. The van der Waals surface area contributed by atoms with Crippen LogP contribution in [0.4, 0.5) is 0 Å². The van der Waals surface area contributed by atoms with Crippen molar-refractivity contribution >= 4 is 16.9 Å². The monoisotopic (exact) mass is 260 g/mol. The average Bonchev–Trinajstić information content (AvgIpc) is 2.75. The normalized spacial score (nSPS) is 10.9. The first-order valence-corrected chi connectivity index (χ1v) is 6.48. The van der Waals surface area contributed by atoms with Gasteiger partial charge in [-0.15, -0.1) is 0 Å². The molecule has 0 aliphatic rings. The summed E-state index contributed by atoms with van der Waals surface area (Å²) in [6.07, 6.45) is 0. The van der Waals surface area contributed by atoms with Crippen molar-refractivity contribution in [3.05, 3.63) is 30.1 Å². The molecule has 0 saturated carbocycles. The maximum Gasteiger partial charge on any atom is 0.236 e. The highest BCUT2D eigenvalue weighted by atomic mass is 16.2. The lowest BCUT2D eigenvalue weighted by molar-refractivity contribution is -0.128. The second kappa shape index (κ2) is 5.84. The molecule has 5 heteroatoms. The van der Waals surface area contributed by atoms with Crippen LogP contribution in [0.25, 0.3) is 11.0 Å². The van der Waals surface area contributed by atoms with Gasteiger partial charge in [-0.25, -0.2) is 4.98 Å². The number of para-hydroxylation sites is 2. The highest BCUT2D eigenvalue weighted by Crippen LogP contribution is 2.13. The zero-order valence-corrected chi connectivity index (χ0v) is 11.7. The van der Waals surface area contributed by atoms with Crippen LogP contribution in [0, 0.1) is 0 Å². The summed E-state index contributed by atoms with van der Waals surface area (Å²) < 4.78 is 2.05. The quantitative estimate of drug-likeness (QED) is 0.877. The summed E-state index contributed by atoms with van der Waals surface area (Å²) >= 11 is 0. The second-order valence-electron chi connectivity index (χ2n) is 4.59. The predicted octanol–water partition coefficient (Wildman–Crippen LogP) is 1.14. The van der Waals surface area contributed by atoms with Crippen molar-refractivity contribution < 1.29 is 4.79 Å². The Bertz CT molecular complexity index is 576. The van der Waals surface area contributed by atoms with Gasteiger partial charge in [-0.1, -0.05) is 12.1 Å². The van der Waals surface area contributed by atoms with Crippen LogP contribution < -0.4 is 5.32 Å². The predicted molar refractivity (Wildman–Crippen MR) is 75.7 cm³/mol. The largest absolute Gasteiger partial charge is 0.345 e. The van der Waals surface area contributed by atoms with Crippen LogP contribution in [0.5, 0.6) is 0 Å². The van der Waals surface area contributed by atoms with E-state index in [1.54, 1.807) is 11.9 Å². The number of benzene rings is 1. The van der Waals surface area contributed by atoms with Gasteiger partial charge in [0.05, 0.1) is 24.1 Å². The van der Waals surface area contributed by atoms with E-state index in [-0.39, 0.29) is 5.91 Å². The summed E-state index contributed by atoms with van der Waals surface area (Å²) in [4.78, 5) is 17.9. The number of carbonyl (C=O) groups is 1. The molecule has 0 bridgehead atoms. The molecule has 1 amide bonds. The Morgan fingerprint density at radius 2 is 2.16 bits per heavy atom. The molecular weight excluding hydrogens is 240 g/mol. The van der Waals surface area contributed by atoms with E-state index >= 15 is 0 Å². The van der Waals surface area contributed by atoms with Gasteiger partial charge >= 0.3 is 0 Å². The van der Waals surface area contributed by atoms with Gasteiger partial charge in [-0.3, -0.25) is 4.79 Å². The lowest BCUT2D eigenvalue weighted by Gasteiger charge is -2.14. The zero-order chi connectivity index (χ0) is 13.8. The molecule has 5 nitrogen and oxygen atoms in total. The lowest BCUT2D eigenvalue weighted by Crippen LogP contribution is -2.35. The zero-order valence-electron chi connectivity index (χ0n) is 11.7. The summed E-state index contributed by atoms with van der Waals surface area (Å²) in [5.74, 6) is 1.04. The Morgan fingerprint density at radius 3 is 2.84 bits per heavy atom. The number of aromatic nitrogens is 2. The number of likely N-dealkylation sites (N-methyl/N-ethyl adjacent to an activating group) is 1. The molecule has 102 valence electrons. The Morgan fingerprint density at radius 1 is 1.42 bits per heavy atom. The Kier molecular flexibility index (Phi) is 4.16. The SMILES string of the molecule is CCN(C)C(=O)CNCc1nc2ccccc2n1C. The molecule has 1 aromatic heterocycles. The van der Waals surface area contributed by atoms with Crippen LogP contribution in [-0.2, 0) is 18.4 Å². The molecule has 0 spiro atoms. The van der Waals surface area contributed by atoms with Crippen LogP contribution >= 0.6 is 0 Å². The Balaban J connectivity index is 1.99. The molecule has 0 fully saturated rings. The molecule has 2 aromatic rings. The number of amides is 1. The van der Waals surface area contributed by atoms with E-state index in [1.807, 2.05) is 38.2 Å². The first kappa shape index (κ1) is 13.5. The molecular formula is C14H20N4O. The number of hydrogen-bond acceptors (Lipinski definition) is 3. The number of nitrogens with zero attached hydrogens (tertiary/aromatic N) is 3. The van der Waals surface area contributed by atoms with Crippen molar-refractivity contribution in [2.45, 2.75) is 13.5 Å². The summed E-state index contributed by atoms with van der Waals surface area (Å²) in [6.45, 7) is 3.62. The van der Waals surface area contributed by atoms with Gasteiger partial charge < -0.3 is 14.8 Å². The van der Waals surface area contributed by atoms with Crippen LogP contribution in [0.15, 0.2) is 24.3 Å². The molecule has 1 N–H and O–H groups in total. The second-order valence-corrected chi connectivity index (χ2v) is 4.59. The van der Waals surface area contributed by atoms with E-state index in [0.29, 0.717) is 13.1 Å². The van der Waals surface area contributed by atoms with Crippen molar-refractivity contribution in [1.82, 2.24) is 19.8 Å². The molecule has 1 heterocycles. The van der Waals surface area contributed by atoms with E-state index in [4.69, 9.17) is 0 Å². The highest BCUT2D eigenvalue weighted by molar-refractivity contribution is 5.78. The fraction of sp³-hybridized carbons (Fsp3) is 0.429. The summed E-state index contributed by atoms with van der Waals surface area (Å²) in [6, 6.07) is 8.02. The molecule has 19 heavy (non-hydrogen) atoms. The molecule has 0 atom stereocenters. The minimum atomic E-state index is 0.0984. The van der Waals surface area contributed by atoms with Gasteiger partial charge in [0.2, 0.25) is 5.91 Å². The lowest BCUT2D eigenvalue weighted by atomic mass is 10.3. The van der Waals surface area contributed by atoms with Crippen LogP contribution in [0.1, 0.15) is 12.7 Å².